The van der Waals surface area contributed by atoms with E-state index in [1.807, 2.05) is 6.07 Å². The van der Waals surface area contributed by atoms with Gasteiger partial charge in [0.25, 0.3) is 9.05 Å². The molecule has 0 bridgehead atoms. The predicted molar refractivity (Wildman–Crippen MR) is 60.8 cm³/mol. The molecule has 3 nitrogen and oxygen atoms in total. The quantitative estimate of drug-likeness (QED) is 0.772. The van der Waals surface area contributed by atoms with Crippen LogP contribution in [0.15, 0.2) is 23.1 Å². The first-order valence-corrected chi connectivity index (χ1v) is 7.10. The van der Waals surface area contributed by atoms with Gasteiger partial charge in [-0.15, -0.1) is 0 Å². The minimum atomic E-state index is -3.65. The third-order valence-corrected chi connectivity index (χ3v) is 3.94. The van der Waals surface area contributed by atoms with Crippen molar-refractivity contribution in [1.29, 1.82) is 0 Å². The van der Waals surface area contributed by atoms with Crippen molar-refractivity contribution in [2.45, 2.75) is 18.2 Å². The highest BCUT2D eigenvalue weighted by Crippen LogP contribution is 2.32. The van der Waals surface area contributed by atoms with Gasteiger partial charge < -0.3 is 5.32 Å². The average molecular weight is 246 g/mol. The van der Waals surface area contributed by atoms with E-state index in [4.69, 9.17) is 10.7 Å². The number of anilines is 1. The molecule has 0 radical (unpaired) electrons. The third kappa shape index (κ3) is 2.11. The maximum Gasteiger partial charge on any atom is 0.263 e. The number of rotatable bonds is 1. The Hall–Kier alpha value is -0.740. The van der Waals surface area contributed by atoms with Gasteiger partial charge in [-0.1, -0.05) is 19.1 Å². The average Bonchev–Trinajstić information content (AvgIpc) is 2.15. The van der Waals surface area contributed by atoms with Crippen molar-refractivity contribution >= 4 is 25.4 Å². The van der Waals surface area contributed by atoms with Crippen LogP contribution in [-0.2, 0) is 15.5 Å². The summed E-state index contributed by atoms with van der Waals surface area (Å²) in [6.45, 7) is 2.91. The second-order valence-electron chi connectivity index (χ2n) is 3.92. The number of hydrogen-bond acceptors (Lipinski definition) is 3. The summed E-state index contributed by atoms with van der Waals surface area (Å²) in [5, 5.41) is 3.12. The highest BCUT2D eigenvalue weighted by atomic mass is 35.7. The summed E-state index contributed by atoms with van der Waals surface area (Å²) < 4.78 is 22.6. The van der Waals surface area contributed by atoms with Gasteiger partial charge in [-0.2, -0.15) is 0 Å². The zero-order chi connectivity index (χ0) is 11.1. The van der Waals surface area contributed by atoms with Crippen LogP contribution in [-0.4, -0.2) is 15.0 Å². The van der Waals surface area contributed by atoms with Crippen LogP contribution in [0.4, 0.5) is 5.69 Å². The van der Waals surface area contributed by atoms with Crippen LogP contribution in [0, 0.1) is 5.92 Å². The van der Waals surface area contributed by atoms with Crippen LogP contribution in [0.2, 0.25) is 0 Å². The van der Waals surface area contributed by atoms with E-state index < -0.39 is 9.05 Å². The first-order chi connectivity index (χ1) is 6.98. The molecule has 15 heavy (non-hydrogen) atoms. The van der Waals surface area contributed by atoms with Gasteiger partial charge in [0.2, 0.25) is 0 Å². The van der Waals surface area contributed by atoms with Crippen LogP contribution in [0.1, 0.15) is 12.5 Å². The molecular weight excluding hydrogens is 234 g/mol. The van der Waals surface area contributed by atoms with Crippen molar-refractivity contribution in [2.24, 2.45) is 5.92 Å². The van der Waals surface area contributed by atoms with Crippen LogP contribution in [0.5, 0.6) is 0 Å². The lowest BCUT2D eigenvalue weighted by Gasteiger charge is -2.24. The maximum absolute atomic E-state index is 11.3. The molecule has 0 amide bonds. The smallest absolute Gasteiger partial charge is 0.263 e. The molecule has 0 aliphatic carbocycles. The Bertz CT molecular complexity index is 484. The van der Waals surface area contributed by atoms with E-state index in [0.29, 0.717) is 11.6 Å². The van der Waals surface area contributed by atoms with E-state index in [9.17, 15) is 8.42 Å². The Labute approximate surface area is 93.9 Å². The molecule has 1 aromatic rings. The standard InChI is InChI=1S/C10H12ClNO2S/c1-7-5-8-3-2-4-9(15(11,13)14)10(8)12-6-7/h2-4,7,12H,5-6H2,1H3/t7-/m1/s1. The molecule has 0 spiro atoms. The van der Waals surface area contributed by atoms with Gasteiger partial charge in [-0.25, -0.2) is 8.42 Å². The number of para-hydroxylation sites is 1. The number of benzene rings is 1. The van der Waals surface area contributed by atoms with Crippen LogP contribution >= 0.6 is 10.7 Å². The van der Waals surface area contributed by atoms with Crippen molar-refractivity contribution in [3.05, 3.63) is 23.8 Å². The zero-order valence-electron chi connectivity index (χ0n) is 8.33. The fourth-order valence-electron chi connectivity index (χ4n) is 1.87. The predicted octanol–water partition coefficient (Wildman–Crippen LogP) is 2.22. The van der Waals surface area contributed by atoms with E-state index in [0.717, 1.165) is 18.5 Å². The van der Waals surface area contributed by atoms with E-state index in [1.54, 1.807) is 6.07 Å². The molecule has 0 aromatic heterocycles. The van der Waals surface area contributed by atoms with E-state index >= 15 is 0 Å². The monoisotopic (exact) mass is 245 g/mol. The topological polar surface area (TPSA) is 46.2 Å². The summed E-state index contributed by atoms with van der Waals surface area (Å²) in [6.07, 6.45) is 0.891. The maximum atomic E-state index is 11.3. The Morgan fingerprint density at radius 3 is 2.87 bits per heavy atom. The normalized spacial score (nSPS) is 20.5. The molecule has 2 rings (SSSR count). The Kier molecular flexibility index (Phi) is 2.64. The lowest BCUT2D eigenvalue weighted by molar-refractivity contribution is 0.588. The Morgan fingerprint density at radius 2 is 2.20 bits per heavy atom. The highest BCUT2D eigenvalue weighted by molar-refractivity contribution is 8.13. The molecule has 0 saturated carbocycles. The van der Waals surface area contributed by atoms with E-state index in [-0.39, 0.29) is 4.90 Å². The first-order valence-electron chi connectivity index (χ1n) is 4.79. The first kappa shape index (κ1) is 10.8. The van der Waals surface area contributed by atoms with Crippen molar-refractivity contribution in [3.63, 3.8) is 0 Å². The number of hydrogen-bond donors (Lipinski definition) is 1. The largest absolute Gasteiger partial charge is 0.383 e. The summed E-state index contributed by atoms with van der Waals surface area (Å²) in [6, 6.07) is 5.20. The zero-order valence-corrected chi connectivity index (χ0v) is 9.90. The van der Waals surface area contributed by atoms with Gasteiger partial charge in [0.05, 0.1) is 5.69 Å². The summed E-state index contributed by atoms with van der Waals surface area (Å²) in [5.41, 5.74) is 1.70. The van der Waals surface area contributed by atoms with Gasteiger partial charge in [-0.3, -0.25) is 0 Å². The van der Waals surface area contributed by atoms with E-state index in [2.05, 4.69) is 12.2 Å². The highest BCUT2D eigenvalue weighted by Gasteiger charge is 2.22. The van der Waals surface area contributed by atoms with Gasteiger partial charge in [0, 0.05) is 17.2 Å². The van der Waals surface area contributed by atoms with Crippen molar-refractivity contribution in [2.75, 3.05) is 11.9 Å². The molecule has 1 aliphatic rings. The van der Waals surface area contributed by atoms with Gasteiger partial charge in [-0.05, 0) is 24.0 Å². The fourth-order valence-corrected chi connectivity index (χ4v) is 2.95. The minimum absolute atomic E-state index is 0.188. The molecule has 82 valence electrons. The van der Waals surface area contributed by atoms with Crippen LogP contribution in [0.25, 0.3) is 0 Å². The summed E-state index contributed by atoms with van der Waals surface area (Å²) in [5.74, 6) is 0.519. The summed E-state index contributed by atoms with van der Waals surface area (Å²) in [7, 11) is 1.71. The minimum Gasteiger partial charge on any atom is -0.383 e. The van der Waals surface area contributed by atoms with E-state index in [1.165, 1.54) is 6.07 Å². The Morgan fingerprint density at radius 1 is 1.47 bits per heavy atom. The number of halogens is 1. The fraction of sp³-hybridized carbons (Fsp3) is 0.400. The molecule has 0 unspecified atom stereocenters. The lowest BCUT2D eigenvalue weighted by atomic mass is 9.96. The summed E-state index contributed by atoms with van der Waals surface area (Å²) in [4.78, 5) is 0.188. The van der Waals surface area contributed by atoms with Gasteiger partial charge in [0.15, 0.2) is 0 Å². The molecule has 1 heterocycles. The number of fused-ring (bicyclic) bond motifs is 1. The van der Waals surface area contributed by atoms with Crippen LogP contribution < -0.4 is 5.32 Å². The van der Waals surface area contributed by atoms with Gasteiger partial charge in [0.1, 0.15) is 4.90 Å². The molecule has 1 N–H and O–H groups in total. The number of nitrogens with one attached hydrogen (secondary N) is 1. The molecular formula is C10H12ClNO2S. The molecule has 1 aromatic carbocycles. The molecule has 5 heteroatoms. The SMILES string of the molecule is C[C@H]1CNc2c(cccc2S(=O)(=O)Cl)C1. The van der Waals surface area contributed by atoms with Crippen molar-refractivity contribution < 1.29 is 8.42 Å². The molecule has 1 atom stereocenters. The second kappa shape index (κ2) is 3.68. The second-order valence-corrected chi connectivity index (χ2v) is 6.45. The lowest BCUT2D eigenvalue weighted by Crippen LogP contribution is -2.22. The van der Waals surface area contributed by atoms with Crippen molar-refractivity contribution in [1.82, 2.24) is 0 Å². The third-order valence-electron chi connectivity index (χ3n) is 2.57. The molecule has 0 saturated heterocycles. The van der Waals surface area contributed by atoms with Crippen molar-refractivity contribution in [3.8, 4) is 0 Å². The summed E-state index contributed by atoms with van der Waals surface area (Å²) >= 11 is 0. The van der Waals surface area contributed by atoms with Gasteiger partial charge >= 0.3 is 0 Å². The molecule has 1 aliphatic heterocycles. The molecule has 0 fully saturated rings. The Balaban J connectivity index is 2.56. The van der Waals surface area contributed by atoms with Crippen LogP contribution in [0.3, 0.4) is 0 Å².